The van der Waals surface area contributed by atoms with E-state index in [4.69, 9.17) is 11.6 Å². The minimum Gasteiger partial charge on any atom is -0.344 e. The predicted octanol–water partition coefficient (Wildman–Crippen LogP) is 5.26. The molecule has 0 N–H and O–H groups in total. The fourth-order valence-electron chi connectivity index (χ4n) is 1.81. The maximum Gasteiger partial charge on any atom is 0.0552 e. The topological polar surface area (TPSA) is 3.24 Å². The summed E-state index contributed by atoms with van der Waals surface area (Å²) >= 11 is 9.43. The van der Waals surface area contributed by atoms with E-state index in [1.807, 2.05) is 0 Å². The summed E-state index contributed by atoms with van der Waals surface area (Å²) in [5.74, 6) is 0.535. The van der Waals surface area contributed by atoms with Crippen molar-refractivity contribution >= 4 is 38.9 Å². The summed E-state index contributed by atoms with van der Waals surface area (Å²) < 4.78 is 1.06. The lowest BCUT2D eigenvalue weighted by atomic mass is 10.2. The first kappa shape index (κ1) is 13.4. The molecule has 1 nitrogen and oxygen atoms in total. The lowest BCUT2D eigenvalue weighted by Crippen LogP contribution is -2.10. The molecule has 3 heteroatoms. The van der Waals surface area contributed by atoms with Crippen LogP contribution >= 0.6 is 27.5 Å². The lowest BCUT2D eigenvalue weighted by molar-refractivity contribution is 1.19. The van der Waals surface area contributed by atoms with Crippen LogP contribution in [0.3, 0.4) is 0 Å². The van der Waals surface area contributed by atoms with E-state index >= 15 is 0 Å². The molecular weight excluding hydrogens is 310 g/mol. The number of rotatable bonds is 3. The monoisotopic (exact) mass is 323 g/mol. The summed E-state index contributed by atoms with van der Waals surface area (Å²) in [6, 6.07) is 14.7. The van der Waals surface area contributed by atoms with Gasteiger partial charge < -0.3 is 4.90 Å². The Morgan fingerprint density at radius 3 is 2.33 bits per heavy atom. The number of nitrogens with zero attached hydrogens (tertiary/aromatic N) is 1. The second-order valence-electron chi connectivity index (χ2n) is 4.31. The van der Waals surface area contributed by atoms with Gasteiger partial charge in [0.15, 0.2) is 0 Å². The van der Waals surface area contributed by atoms with E-state index in [0.29, 0.717) is 5.88 Å². The van der Waals surface area contributed by atoms with Gasteiger partial charge >= 0.3 is 0 Å². The average Bonchev–Trinajstić information content (AvgIpc) is 2.38. The number of anilines is 2. The molecule has 0 aliphatic heterocycles. The second-order valence-corrected chi connectivity index (χ2v) is 5.44. The second kappa shape index (κ2) is 5.77. The molecular formula is C15H15BrClN. The number of benzene rings is 2. The molecule has 0 amide bonds. The van der Waals surface area contributed by atoms with Gasteiger partial charge in [0.25, 0.3) is 0 Å². The van der Waals surface area contributed by atoms with Crippen LogP contribution in [0.4, 0.5) is 11.4 Å². The van der Waals surface area contributed by atoms with E-state index < -0.39 is 0 Å². The summed E-state index contributed by atoms with van der Waals surface area (Å²) in [6.07, 6.45) is 0. The molecule has 0 fully saturated rings. The van der Waals surface area contributed by atoms with Crippen molar-refractivity contribution in [1.29, 1.82) is 0 Å². The van der Waals surface area contributed by atoms with Crippen molar-refractivity contribution in [1.82, 2.24) is 0 Å². The largest absolute Gasteiger partial charge is 0.344 e. The third-order valence-corrected chi connectivity index (χ3v) is 3.89. The van der Waals surface area contributed by atoms with Crippen molar-refractivity contribution in [2.24, 2.45) is 0 Å². The Morgan fingerprint density at radius 1 is 1.11 bits per heavy atom. The number of alkyl halides is 1. The van der Waals surface area contributed by atoms with Gasteiger partial charge in [-0.05, 0) is 52.7 Å². The zero-order chi connectivity index (χ0) is 13.1. The van der Waals surface area contributed by atoms with Crippen molar-refractivity contribution in [3.8, 4) is 0 Å². The van der Waals surface area contributed by atoms with Gasteiger partial charge in [-0.2, -0.15) is 0 Å². The standard InChI is InChI=1S/C15H15BrClN/c1-11-3-6-13(7-4-11)18(2)15-8-5-12(10-17)9-14(15)16/h3-9H,10H2,1-2H3. The SMILES string of the molecule is Cc1ccc(N(C)c2ccc(CCl)cc2Br)cc1. The van der Waals surface area contributed by atoms with E-state index in [1.165, 1.54) is 11.3 Å². The van der Waals surface area contributed by atoms with Gasteiger partial charge in [-0.15, -0.1) is 11.6 Å². The fourth-order valence-corrected chi connectivity index (χ4v) is 2.67. The van der Waals surface area contributed by atoms with E-state index in [1.54, 1.807) is 0 Å². The Morgan fingerprint density at radius 2 is 1.78 bits per heavy atom. The molecule has 0 aromatic heterocycles. The highest BCUT2D eigenvalue weighted by Gasteiger charge is 2.08. The van der Waals surface area contributed by atoms with Gasteiger partial charge in [-0.1, -0.05) is 23.8 Å². The van der Waals surface area contributed by atoms with Crippen LogP contribution in [0, 0.1) is 6.92 Å². The Hall–Kier alpha value is -0.990. The van der Waals surface area contributed by atoms with Crippen molar-refractivity contribution in [3.05, 3.63) is 58.1 Å². The van der Waals surface area contributed by atoms with Gasteiger partial charge in [0.05, 0.1) is 5.69 Å². The average molecular weight is 325 g/mol. The minimum absolute atomic E-state index is 0.535. The Kier molecular flexibility index (Phi) is 4.31. The van der Waals surface area contributed by atoms with Crippen LogP contribution in [0.1, 0.15) is 11.1 Å². The summed E-state index contributed by atoms with van der Waals surface area (Å²) in [5, 5.41) is 0. The number of halogens is 2. The van der Waals surface area contributed by atoms with Crippen molar-refractivity contribution in [2.75, 3.05) is 11.9 Å². The number of aryl methyl sites for hydroxylation is 1. The Bertz CT molecular complexity index is 537. The molecule has 0 bridgehead atoms. The normalized spacial score (nSPS) is 10.4. The molecule has 0 atom stereocenters. The molecule has 0 spiro atoms. The highest BCUT2D eigenvalue weighted by molar-refractivity contribution is 9.10. The first-order valence-electron chi connectivity index (χ1n) is 5.76. The molecule has 2 aromatic carbocycles. The zero-order valence-corrected chi connectivity index (χ0v) is 12.8. The van der Waals surface area contributed by atoms with Gasteiger partial charge in [0.2, 0.25) is 0 Å². The number of hydrogen-bond acceptors (Lipinski definition) is 1. The summed E-state index contributed by atoms with van der Waals surface area (Å²) in [7, 11) is 2.06. The van der Waals surface area contributed by atoms with Crippen molar-refractivity contribution in [2.45, 2.75) is 12.8 Å². The first-order chi connectivity index (χ1) is 8.61. The van der Waals surface area contributed by atoms with Crippen LogP contribution in [0.25, 0.3) is 0 Å². The fraction of sp³-hybridized carbons (Fsp3) is 0.200. The summed E-state index contributed by atoms with van der Waals surface area (Å²) in [4.78, 5) is 2.15. The maximum absolute atomic E-state index is 5.83. The molecule has 0 heterocycles. The first-order valence-corrected chi connectivity index (χ1v) is 7.09. The molecule has 0 saturated carbocycles. The number of hydrogen-bond donors (Lipinski definition) is 0. The molecule has 94 valence electrons. The molecule has 18 heavy (non-hydrogen) atoms. The molecule has 0 aliphatic rings. The van der Waals surface area contributed by atoms with Gasteiger partial charge in [-0.3, -0.25) is 0 Å². The van der Waals surface area contributed by atoms with E-state index in [0.717, 1.165) is 15.7 Å². The third kappa shape index (κ3) is 2.88. The molecule has 0 aliphatic carbocycles. The Balaban J connectivity index is 2.33. The lowest BCUT2D eigenvalue weighted by Gasteiger charge is -2.21. The zero-order valence-electron chi connectivity index (χ0n) is 10.5. The molecule has 0 saturated heterocycles. The van der Waals surface area contributed by atoms with E-state index in [9.17, 15) is 0 Å². The highest BCUT2D eigenvalue weighted by Crippen LogP contribution is 2.32. The van der Waals surface area contributed by atoms with Crippen molar-refractivity contribution < 1.29 is 0 Å². The molecule has 0 radical (unpaired) electrons. The van der Waals surface area contributed by atoms with Crippen LogP contribution in [0.15, 0.2) is 46.9 Å². The molecule has 0 unspecified atom stereocenters. The van der Waals surface area contributed by atoms with Crippen LogP contribution in [-0.4, -0.2) is 7.05 Å². The molecule has 2 aromatic rings. The Labute approximate surface area is 122 Å². The van der Waals surface area contributed by atoms with Gasteiger partial charge in [-0.25, -0.2) is 0 Å². The third-order valence-electron chi connectivity index (χ3n) is 2.95. The van der Waals surface area contributed by atoms with E-state index in [2.05, 4.69) is 77.3 Å². The smallest absolute Gasteiger partial charge is 0.0552 e. The molecule has 2 rings (SSSR count). The van der Waals surface area contributed by atoms with Crippen LogP contribution in [0.2, 0.25) is 0 Å². The van der Waals surface area contributed by atoms with Crippen LogP contribution in [-0.2, 0) is 5.88 Å². The minimum atomic E-state index is 0.535. The predicted molar refractivity (Wildman–Crippen MR) is 82.9 cm³/mol. The highest BCUT2D eigenvalue weighted by atomic mass is 79.9. The quantitative estimate of drug-likeness (QED) is 0.696. The van der Waals surface area contributed by atoms with E-state index in [-0.39, 0.29) is 0 Å². The van der Waals surface area contributed by atoms with Crippen LogP contribution < -0.4 is 4.90 Å². The summed E-state index contributed by atoms with van der Waals surface area (Å²) in [5.41, 5.74) is 4.68. The van der Waals surface area contributed by atoms with Gasteiger partial charge in [0, 0.05) is 23.1 Å². The maximum atomic E-state index is 5.83. The van der Waals surface area contributed by atoms with Gasteiger partial charge in [0.1, 0.15) is 0 Å². The van der Waals surface area contributed by atoms with Crippen molar-refractivity contribution in [3.63, 3.8) is 0 Å². The van der Waals surface area contributed by atoms with Crippen LogP contribution in [0.5, 0.6) is 0 Å². The summed E-state index contributed by atoms with van der Waals surface area (Å²) in [6.45, 7) is 2.09.